The van der Waals surface area contributed by atoms with Crippen LogP contribution in [0.2, 0.25) is 0 Å². The van der Waals surface area contributed by atoms with E-state index in [2.05, 4.69) is 9.98 Å². The molecule has 0 N–H and O–H groups in total. The van der Waals surface area contributed by atoms with Gasteiger partial charge in [-0.15, -0.1) is 0 Å². The normalized spacial score (nSPS) is 11.5. The number of aryl methyl sites for hydroxylation is 1. The molecule has 0 amide bonds. The minimum absolute atomic E-state index is 0.165. The van der Waals surface area contributed by atoms with Crippen LogP contribution in [0.4, 0.5) is 5.69 Å². The monoisotopic (exact) mass is 361 g/mol. The number of aromatic nitrogens is 2. The van der Waals surface area contributed by atoms with Gasteiger partial charge in [0, 0.05) is 5.56 Å². The molecular formula is C17H13Cl2N3S. The van der Waals surface area contributed by atoms with Crippen molar-refractivity contribution >= 4 is 46.6 Å². The standard InChI is InChI=1S/C17H13Cl2N3S/c1-12-7-9-14(10-8-12)20-17-21-16(13-5-3-2-4-6-13)22(23-17)11-15(18)19/h2-11H,1H3. The quantitative estimate of drug-likeness (QED) is 0.615. The van der Waals surface area contributed by atoms with E-state index in [1.807, 2.05) is 65.5 Å². The average molecular weight is 362 g/mol. The van der Waals surface area contributed by atoms with Crippen LogP contribution < -0.4 is 4.80 Å². The van der Waals surface area contributed by atoms with Crippen LogP contribution in [0.15, 0.2) is 64.1 Å². The van der Waals surface area contributed by atoms with Gasteiger partial charge in [-0.25, -0.2) is 4.99 Å². The highest BCUT2D eigenvalue weighted by molar-refractivity contribution is 7.04. The largest absolute Gasteiger partial charge is 0.251 e. The molecule has 3 nitrogen and oxygen atoms in total. The summed E-state index contributed by atoms with van der Waals surface area (Å²) in [4.78, 5) is 9.81. The Balaban J connectivity index is 2.11. The maximum atomic E-state index is 5.81. The molecule has 0 aliphatic carbocycles. The van der Waals surface area contributed by atoms with E-state index < -0.39 is 0 Å². The Morgan fingerprint density at radius 1 is 1.09 bits per heavy atom. The van der Waals surface area contributed by atoms with Gasteiger partial charge in [0.2, 0.25) is 4.80 Å². The van der Waals surface area contributed by atoms with Crippen LogP contribution in [0.5, 0.6) is 0 Å². The average Bonchev–Trinajstić information content (AvgIpc) is 2.92. The molecule has 0 bridgehead atoms. The Hall–Kier alpha value is -1.88. The van der Waals surface area contributed by atoms with Gasteiger partial charge in [-0.05, 0) is 30.6 Å². The lowest BCUT2D eigenvalue weighted by Gasteiger charge is -2.00. The van der Waals surface area contributed by atoms with Gasteiger partial charge >= 0.3 is 0 Å². The van der Waals surface area contributed by atoms with Gasteiger partial charge in [-0.2, -0.15) is 4.98 Å². The van der Waals surface area contributed by atoms with Gasteiger partial charge in [0.1, 0.15) is 4.49 Å². The van der Waals surface area contributed by atoms with Crippen LogP contribution >= 0.6 is 34.7 Å². The van der Waals surface area contributed by atoms with Crippen LogP contribution in [0.25, 0.3) is 17.6 Å². The molecule has 0 saturated carbocycles. The molecule has 3 aromatic rings. The highest BCUT2D eigenvalue weighted by atomic mass is 35.5. The highest BCUT2D eigenvalue weighted by Crippen LogP contribution is 2.21. The summed E-state index contributed by atoms with van der Waals surface area (Å²) in [5.74, 6) is 0.750. The Morgan fingerprint density at radius 2 is 1.78 bits per heavy atom. The van der Waals surface area contributed by atoms with Gasteiger partial charge < -0.3 is 0 Å². The summed E-state index contributed by atoms with van der Waals surface area (Å²) in [7, 11) is 0. The topological polar surface area (TPSA) is 30.2 Å². The van der Waals surface area contributed by atoms with Crippen molar-refractivity contribution in [3.05, 3.63) is 69.5 Å². The third-order valence-electron chi connectivity index (χ3n) is 3.10. The minimum Gasteiger partial charge on any atom is -0.251 e. The molecule has 0 aliphatic rings. The fraction of sp³-hybridized carbons (Fsp3) is 0.0588. The van der Waals surface area contributed by atoms with Crippen molar-refractivity contribution in [1.29, 1.82) is 0 Å². The zero-order valence-corrected chi connectivity index (χ0v) is 14.6. The maximum absolute atomic E-state index is 5.81. The summed E-state index contributed by atoms with van der Waals surface area (Å²) in [5.41, 5.74) is 3.02. The summed E-state index contributed by atoms with van der Waals surface area (Å²) < 4.78 is 1.98. The van der Waals surface area contributed by atoms with E-state index in [1.54, 1.807) is 6.20 Å². The van der Waals surface area contributed by atoms with E-state index in [0.29, 0.717) is 4.80 Å². The third-order valence-corrected chi connectivity index (χ3v) is 4.11. The lowest BCUT2D eigenvalue weighted by Crippen LogP contribution is -1.96. The number of rotatable bonds is 3. The molecule has 0 unspecified atom stereocenters. The van der Waals surface area contributed by atoms with Crippen molar-refractivity contribution in [2.75, 3.05) is 0 Å². The summed E-state index contributed by atoms with van der Waals surface area (Å²) in [6.07, 6.45) is 1.62. The van der Waals surface area contributed by atoms with Crippen molar-refractivity contribution in [3.8, 4) is 11.4 Å². The first-order valence-electron chi connectivity index (χ1n) is 6.91. The van der Waals surface area contributed by atoms with Crippen molar-refractivity contribution in [3.63, 3.8) is 0 Å². The Kier molecular flexibility index (Phi) is 4.96. The van der Waals surface area contributed by atoms with Gasteiger partial charge in [0.25, 0.3) is 0 Å². The Morgan fingerprint density at radius 3 is 2.43 bits per heavy atom. The third kappa shape index (κ3) is 4.10. The maximum Gasteiger partial charge on any atom is 0.228 e. The molecule has 1 aromatic heterocycles. The van der Waals surface area contributed by atoms with E-state index in [0.717, 1.165) is 17.1 Å². The molecule has 0 atom stereocenters. The first-order chi connectivity index (χ1) is 11.1. The molecular weight excluding hydrogens is 349 g/mol. The number of hydrogen-bond donors (Lipinski definition) is 0. The number of hydrogen-bond acceptors (Lipinski definition) is 3. The Bertz CT molecular complexity index is 890. The Labute approximate surface area is 148 Å². The second kappa shape index (κ2) is 7.13. The van der Waals surface area contributed by atoms with Crippen molar-refractivity contribution < 1.29 is 0 Å². The first-order valence-corrected chi connectivity index (χ1v) is 8.44. The number of halogens is 2. The van der Waals surface area contributed by atoms with Gasteiger partial charge in [-0.3, -0.25) is 3.96 Å². The zero-order valence-electron chi connectivity index (χ0n) is 12.3. The van der Waals surface area contributed by atoms with Crippen molar-refractivity contribution in [1.82, 2.24) is 8.94 Å². The van der Waals surface area contributed by atoms with Crippen LogP contribution in [-0.2, 0) is 0 Å². The van der Waals surface area contributed by atoms with E-state index >= 15 is 0 Å². The molecule has 0 saturated heterocycles. The predicted molar refractivity (Wildman–Crippen MR) is 97.9 cm³/mol. The fourth-order valence-corrected chi connectivity index (χ4v) is 3.17. The molecule has 0 spiro atoms. The molecule has 1 heterocycles. The zero-order chi connectivity index (χ0) is 16.2. The van der Waals surface area contributed by atoms with Crippen molar-refractivity contribution in [2.45, 2.75) is 6.92 Å². The first kappa shape index (κ1) is 16.0. The lowest BCUT2D eigenvalue weighted by molar-refractivity contribution is 1.17. The summed E-state index contributed by atoms with van der Waals surface area (Å²) >= 11 is 13.0. The number of nitrogens with zero attached hydrogens (tertiary/aromatic N) is 3. The highest BCUT2D eigenvalue weighted by Gasteiger charge is 2.07. The van der Waals surface area contributed by atoms with Gasteiger partial charge in [-0.1, -0.05) is 71.2 Å². The lowest BCUT2D eigenvalue weighted by atomic mass is 10.2. The number of benzene rings is 2. The molecule has 116 valence electrons. The smallest absolute Gasteiger partial charge is 0.228 e. The molecule has 3 rings (SSSR count). The SMILES string of the molecule is Cc1ccc(N=c2nc(-c3ccccc3)n(C=C(Cl)Cl)s2)cc1. The summed E-state index contributed by atoms with van der Waals surface area (Å²) in [5, 5.41) is 0. The molecule has 0 radical (unpaired) electrons. The molecule has 0 aliphatic heterocycles. The van der Waals surface area contributed by atoms with E-state index in [-0.39, 0.29) is 4.49 Å². The molecule has 6 heteroatoms. The molecule has 2 aromatic carbocycles. The summed E-state index contributed by atoms with van der Waals surface area (Å²) in [6, 6.07) is 17.8. The van der Waals surface area contributed by atoms with Gasteiger partial charge in [0.05, 0.1) is 11.9 Å². The summed E-state index contributed by atoms with van der Waals surface area (Å²) in [6.45, 7) is 2.04. The predicted octanol–water partition coefficient (Wildman–Crippen LogP) is 5.39. The second-order valence-electron chi connectivity index (χ2n) is 4.87. The van der Waals surface area contributed by atoms with Crippen LogP contribution in [-0.4, -0.2) is 8.94 Å². The minimum atomic E-state index is 0.165. The molecule has 0 fully saturated rings. The van der Waals surface area contributed by atoms with E-state index in [4.69, 9.17) is 23.2 Å². The van der Waals surface area contributed by atoms with E-state index in [9.17, 15) is 0 Å². The fourth-order valence-electron chi connectivity index (χ4n) is 2.02. The van der Waals surface area contributed by atoms with Gasteiger partial charge in [0.15, 0.2) is 5.82 Å². The molecule has 23 heavy (non-hydrogen) atoms. The van der Waals surface area contributed by atoms with Crippen molar-refractivity contribution in [2.24, 2.45) is 4.99 Å². The van der Waals surface area contributed by atoms with Crippen LogP contribution in [0, 0.1) is 6.92 Å². The van der Waals surface area contributed by atoms with Crippen LogP contribution in [0.1, 0.15) is 5.56 Å². The van der Waals surface area contributed by atoms with Crippen LogP contribution in [0.3, 0.4) is 0 Å². The van der Waals surface area contributed by atoms with E-state index in [1.165, 1.54) is 17.1 Å². The second-order valence-corrected chi connectivity index (χ2v) is 6.82.